The van der Waals surface area contributed by atoms with Crippen molar-refractivity contribution in [2.75, 3.05) is 11.9 Å². The number of aryl methyl sites for hydroxylation is 1. The van der Waals surface area contributed by atoms with Gasteiger partial charge in [0.2, 0.25) is 17.6 Å². The Balaban J connectivity index is 1.58. The van der Waals surface area contributed by atoms with Crippen LogP contribution >= 0.6 is 11.6 Å². The van der Waals surface area contributed by atoms with E-state index in [9.17, 15) is 9.59 Å². The fraction of sp³-hybridized carbons (Fsp3) is 0.273. The summed E-state index contributed by atoms with van der Waals surface area (Å²) >= 11 is 5.88. The minimum Gasteiger partial charge on any atom is -0.352 e. The average Bonchev–Trinajstić information content (AvgIpc) is 3.20. The molecule has 1 heterocycles. The van der Waals surface area contributed by atoms with E-state index < -0.39 is 0 Å². The van der Waals surface area contributed by atoms with Crippen LogP contribution in [0.25, 0.3) is 11.4 Å². The standard InChI is InChI=1S/C22H23ClN4O3/c1-14(2)13-24-22(29)17-5-3-4-6-18(17)25-19(28)11-12-20-26-21(27-30-20)15-7-9-16(23)10-8-15/h3-10,14H,11-13H2,1-2H3,(H,24,29)(H,25,28). The van der Waals surface area contributed by atoms with E-state index in [0.29, 0.717) is 40.5 Å². The smallest absolute Gasteiger partial charge is 0.253 e. The van der Waals surface area contributed by atoms with Crippen LogP contribution in [0, 0.1) is 5.92 Å². The van der Waals surface area contributed by atoms with Crippen molar-refractivity contribution < 1.29 is 14.1 Å². The summed E-state index contributed by atoms with van der Waals surface area (Å²) in [5, 5.41) is 10.2. The summed E-state index contributed by atoms with van der Waals surface area (Å²) < 4.78 is 5.23. The number of anilines is 1. The van der Waals surface area contributed by atoms with E-state index in [4.69, 9.17) is 16.1 Å². The highest BCUT2D eigenvalue weighted by molar-refractivity contribution is 6.30. The maximum Gasteiger partial charge on any atom is 0.253 e. The van der Waals surface area contributed by atoms with E-state index in [0.717, 1.165) is 5.56 Å². The van der Waals surface area contributed by atoms with E-state index >= 15 is 0 Å². The normalized spacial score (nSPS) is 10.8. The minimum atomic E-state index is -0.245. The Kier molecular flexibility index (Phi) is 7.19. The van der Waals surface area contributed by atoms with E-state index in [1.54, 1.807) is 48.5 Å². The van der Waals surface area contributed by atoms with Crippen LogP contribution in [0.1, 0.15) is 36.5 Å². The topological polar surface area (TPSA) is 97.1 Å². The number of carbonyl (C=O) groups excluding carboxylic acids is 2. The molecule has 0 radical (unpaired) electrons. The number of nitrogens with zero attached hydrogens (tertiary/aromatic N) is 2. The summed E-state index contributed by atoms with van der Waals surface area (Å²) in [6.45, 7) is 4.60. The van der Waals surface area contributed by atoms with Gasteiger partial charge in [-0.3, -0.25) is 9.59 Å². The molecule has 0 unspecified atom stereocenters. The Morgan fingerprint density at radius 1 is 1.10 bits per heavy atom. The van der Waals surface area contributed by atoms with Crippen LogP contribution in [0.4, 0.5) is 5.69 Å². The van der Waals surface area contributed by atoms with Gasteiger partial charge >= 0.3 is 0 Å². The summed E-state index contributed by atoms with van der Waals surface area (Å²) in [7, 11) is 0. The lowest BCUT2D eigenvalue weighted by atomic mass is 10.1. The fourth-order valence-corrected chi connectivity index (χ4v) is 2.81. The van der Waals surface area contributed by atoms with Crippen molar-refractivity contribution in [2.45, 2.75) is 26.7 Å². The van der Waals surface area contributed by atoms with E-state index in [1.165, 1.54) is 0 Å². The number of hydrogen-bond acceptors (Lipinski definition) is 5. The maximum absolute atomic E-state index is 12.4. The second-order valence-corrected chi connectivity index (χ2v) is 7.65. The molecule has 0 fully saturated rings. The molecule has 0 aliphatic heterocycles. The zero-order chi connectivity index (χ0) is 21.5. The number of nitrogens with one attached hydrogen (secondary N) is 2. The number of para-hydroxylation sites is 1. The Morgan fingerprint density at radius 3 is 2.57 bits per heavy atom. The van der Waals surface area contributed by atoms with Crippen molar-refractivity contribution in [3.63, 3.8) is 0 Å². The van der Waals surface area contributed by atoms with Crippen LogP contribution in [-0.4, -0.2) is 28.5 Å². The molecule has 0 spiro atoms. The van der Waals surface area contributed by atoms with Gasteiger partial charge in [0.05, 0.1) is 11.3 Å². The Labute approximate surface area is 179 Å². The minimum absolute atomic E-state index is 0.143. The fourth-order valence-electron chi connectivity index (χ4n) is 2.69. The van der Waals surface area contributed by atoms with Crippen molar-refractivity contribution >= 4 is 29.1 Å². The highest BCUT2D eigenvalue weighted by Gasteiger charge is 2.15. The van der Waals surface area contributed by atoms with Crippen LogP contribution in [0.2, 0.25) is 5.02 Å². The summed E-state index contributed by atoms with van der Waals surface area (Å²) in [6.07, 6.45) is 0.429. The molecule has 2 amide bonds. The molecule has 3 rings (SSSR count). The summed E-state index contributed by atoms with van der Waals surface area (Å²) in [6, 6.07) is 14.0. The lowest BCUT2D eigenvalue weighted by molar-refractivity contribution is -0.116. The number of amides is 2. The van der Waals surface area contributed by atoms with Crippen molar-refractivity contribution in [2.24, 2.45) is 5.92 Å². The molecule has 3 aromatic rings. The molecule has 2 N–H and O–H groups in total. The molecular formula is C22H23ClN4O3. The third kappa shape index (κ3) is 5.90. The Hall–Kier alpha value is -3.19. The highest BCUT2D eigenvalue weighted by atomic mass is 35.5. The zero-order valence-corrected chi connectivity index (χ0v) is 17.6. The quantitative estimate of drug-likeness (QED) is 0.558. The zero-order valence-electron chi connectivity index (χ0n) is 16.8. The van der Waals surface area contributed by atoms with E-state index in [1.807, 2.05) is 13.8 Å². The molecule has 1 aromatic heterocycles. The SMILES string of the molecule is CC(C)CNC(=O)c1ccccc1NC(=O)CCc1nc(-c2ccc(Cl)cc2)no1. The monoisotopic (exact) mass is 426 g/mol. The van der Waals surface area contributed by atoms with Gasteiger partial charge in [0.15, 0.2) is 0 Å². The first-order valence-corrected chi connectivity index (χ1v) is 10.1. The van der Waals surface area contributed by atoms with Gasteiger partial charge in [-0.05, 0) is 42.3 Å². The summed E-state index contributed by atoms with van der Waals surface area (Å²) in [5.74, 6) is 0.671. The first-order chi connectivity index (χ1) is 14.4. The maximum atomic E-state index is 12.4. The van der Waals surface area contributed by atoms with Gasteiger partial charge in [-0.1, -0.05) is 42.7 Å². The van der Waals surface area contributed by atoms with Crippen molar-refractivity contribution in [1.29, 1.82) is 0 Å². The summed E-state index contributed by atoms with van der Waals surface area (Å²) in [5.41, 5.74) is 1.67. The number of carbonyl (C=O) groups is 2. The van der Waals surface area contributed by atoms with Crippen molar-refractivity contribution in [3.05, 3.63) is 65.0 Å². The molecule has 0 atom stereocenters. The number of aromatic nitrogens is 2. The molecule has 0 bridgehead atoms. The van der Waals surface area contributed by atoms with Crippen LogP contribution < -0.4 is 10.6 Å². The number of rotatable bonds is 8. The Bertz CT molecular complexity index is 1020. The van der Waals surface area contributed by atoms with Gasteiger partial charge < -0.3 is 15.2 Å². The second kappa shape index (κ2) is 10.0. The molecule has 8 heteroatoms. The van der Waals surface area contributed by atoms with Gasteiger partial charge in [-0.15, -0.1) is 0 Å². The van der Waals surface area contributed by atoms with Crippen LogP contribution in [-0.2, 0) is 11.2 Å². The lowest BCUT2D eigenvalue weighted by Gasteiger charge is -2.12. The predicted octanol–water partition coefficient (Wildman–Crippen LogP) is 4.35. The second-order valence-electron chi connectivity index (χ2n) is 7.22. The highest BCUT2D eigenvalue weighted by Crippen LogP contribution is 2.19. The van der Waals surface area contributed by atoms with Gasteiger partial charge in [0.1, 0.15) is 0 Å². The van der Waals surface area contributed by atoms with Gasteiger partial charge in [-0.2, -0.15) is 4.98 Å². The molecular weight excluding hydrogens is 404 g/mol. The first-order valence-electron chi connectivity index (χ1n) is 9.68. The molecule has 30 heavy (non-hydrogen) atoms. The van der Waals surface area contributed by atoms with Crippen LogP contribution in [0.3, 0.4) is 0 Å². The van der Waals surface area contributed by atoms with E-state index in [-0.39, 0.29) is 24.7 Å². The van der Waals surface area contributed by atoms with Crippen molar-refractivity contribution in [3.8, 4) is 11.4 Å². The number of hydrogen-bond donors (Lipinski definition) is 2. The van der Waals surface area contributed by atoms with Gasteiger partial charge in [0, 0.05) is 30.0 Å². The molecule has 7 nitrogen and oxygen atoms in total. The van der Waals surface area contributed by atoms with Crippen LogP contribution in [0.5, 0.6) is 0 Å². The van der Waals surface area contributed by atoms with Crippen molar-refractivity contribution in [1.82, 2.24) is 15.5 Å². The third-order valence-electron chi connectivity index (χ3n) is 4.25. The molecule has 0 aliphatic carbocycles. The molecule has 0 saturated heterocycles. The lowest BCUT2D eigenvalue weighted by Crippen LogP contribution is -2.28. The first kappa shape index (κ1) is 21.5. The van der Waals surface area contributed by atoms with Crippen LogP contribution in [0.15, 0.2) is 53.1 Å². The van der Waals surface area contributed by atoms with Gasteiger partial charge in [-0.25, -0.2) is 0 Å². The molecule has 2 aromatic carbocycles. The number of benzene rings is 2. The van der Waals surface area contributed by atoms with Gasteiger partial charge in [0.25, 0.3) is 5.91 Å². The predicted molar refractivity (Wildman–Crippen MR) is 115 cm³/mol. The third-order valence-corrected chi connectivity index (χ3v) is 4.51. The number of halogens is 1. The molecule has 156 valence electrons. The average molecular weight is 427 g/mol. The Morgan fingerprint density at radius 2 is 1.83 bits per heavy atom. The summed E-state index contributed by atoms with van der Waals surface area (Å²) in [4.78, 5) is 29.1. The molecule has 0 aliphatic rings. The molecule has 0 saturated carbocycles. The largest absolute Gasteiger partial charge is 0.352 e. The van der Waals surface area contributed by atoms with E-state index in [2.05, 4.69) is 20.8 Å².